The van der Waals surface area contributed by atoms with Gasteiger partial charge in [-0.2, -0.15) is 0 Å². The summed E-state index contributed by atoms with van der Waals surface area (Å²) >= 11 is 6.24. The minimum Gasteiger partial charge on any atom is -0.481 e. The molecule has 9 heteroatoms. The summed E-state index contributed by atoms with van der Waals surface area (Å²) < 4.78 is 15.1. The SMILES string of the molecule is CCOC(=O)COc1ccccc1/C=C1\SC(=S)N(CC(=O)OC)C1=O. The number of hydrogen-bond donors (Lipinski definition) is 0. The standard InChI is InChI=1S/C17H17NO6S2/c1-3-23-15(20)10-24-12-7-5-4-6-11(12)8-13-16(21)18(17(25)26-13)9-14(19)22-2/h4-8H,3,9-10H2,1-2H3/b13-8-. The van der Waals surface area contributed by atoms with E-state index < -0.39 is 11.9 Å². The fourth-order valence-electron chi connectivity index (χ4n) is 2.04. The van der Waals surface area contributed by atoms with Crippen molar-refractivity contribution in [2.45, 2.75) is 6.92 Å². The molecule has 0 aromatic heterocycles. The lowest BCUT2D eigenvalue weighted by Gasteiger charge is -2.12. The number of carbonyl (C=O) groups excluding carboxylic acids is 3. The second-order valence-corrected chi connectivity index (χ2v) is 6.65. The van der Waals surface area contributed by atoms with Crippen LogP contribution < -0.4 is 4.74 Å². The predicted octanol–water partition coefficient (Wildman–Crippen LogP) is 2.00. The predicted molar refractivity (Wildman–Crippen MR) is 100 cm³/mol. The maximum absolute atomic E-state index is 12.5. The Morgan fingerprint density at radius 2 is 2.00 bits per heavy atom. The lowest BCUT2D eigenvalue weighted by atomic mass is 10.2. The molecule has 7 nitrogen and oxygen atoms in total. The number of thiocarbonyl (C=S) groups is 1. The van der Waals surface area contributed by atoms with Crippen LogP contribution in [0.3, 0.4) is 0 Å². The van der Waals surface area contributed by atoms with Gasteiger partial charge in [-0.3, -0.25) is 14.5 Å². The minimum absolute atomic E-state index is 0.234. The van der Waals surface area contributed by atoms with Gasteiger partial charge in [-0.05, 0) is 19.1 Å². The molecule has 0 atom stereocenters. The third-order valence-corrected chi connectivity index (χ3v) is 4.62. The van der Waals surface area contributed by atoms with Crippen molar-refractivity contribution in [3.05, 3.63) is 34.7 Å². The van der Waals surface area contributed by atoms with Gasteiger partial charge in [0.1, 0.15) is 16.6 Å². The molecule has 0 saturated carbocycles. The first-order valence-electron chi connectivity index (χ1n) is 7.66. The Hall–Kier alpha value is -2.39. The van der Waals surface area contributed by atoms with E-state index >= 15 is 0 Å². The van der Waals surface area contributed by atoms with Gasteiger partial charge in [-0.25, -0.2) is 4.79 Å². The Balaban J connectivity index is 2.17. The molecule has 1 saturated heterocycles. The molecule has 0 radical (unpaired) electrons. The normalized spacial score (nSPS) is 15.3. The van der Waals surface area contributed by atoms with Gasteiger partial charge in [-0.15, -0.1) is 0 Å². The molecule has 1 aliphatic heterocycles. The van der Waals surface area contributed by atoms with E-state index in [0.29, 0.717) is 16.2 Å². The summed E-state index contributed by atoms with van der Waals surface area (Å²) in [7, 11) is 1.24. The second-order valence-electron chi connectivity index (χ2n) is 4.98. The number of rotatable bonds is 7. The molecular formula is C17H17NO6S2. The van der Waals surface area contributed by atoms with Crippen LogP contribution in [0.4, 0.5) is 0 Å². The van der Waals surface area contributed by atoms with Crippen molar-refractivity contribution in [3.63, 3.8) is 0 Å². The number of hydrogen-bond acceptors (Lipinski definition) is 8. The van der Waals surface area contributed by atoms with Crippen molar-refractivity contribution < 1.29 is 28.6 Å². The van der Waals surface area contributed by atoms with Gasteiger partial charge in [0.15, 0.2) is 6.61 Å². The van der Waals surface area contributed by atoms with Gasteiger partial charge in [0.05, 0.1) is 18.6 Å². The van der Waals surface area contributed by atoms with Crippen molar-refractivity contribution >= 4 is 52.2 Å². The van der Waals surface area contributed by atoms with Gasteiger partial charge in [-0.1, -0.05) is 42.2 Å². The van der Waals surface area contributed by atoms with Crippen molar-refractivity contribution in [2.75, 3.05) is 26.9 Å². The highest BCUT2D eigenvalue weighted by molar-refractivity contribution is 8.26. The summed E-state index contributed by atoms with van der Waals surface area (Å²) in [6.45, 7) is 1.51. The highest BCUT2D eigenvalue weighted by atomic mass is 32.2. The molecule has 1 fully saturated rings. The van der Waals surface area contributed by atoms with Gasteiger partial charge < -0.3 is 14.2 Å². The van der Waals surface area contributed by atoms with Crippen LogP contribution in [-0.2, 0) is 23.9 Å². The zero-order chi connectivity index (χ0) is 19.1. The summed E-state index contributed by atoms with van der Waals surface area (Å²) in [5, 5.41) is 0. The van der Waals surface area contributed by atoms with Crippen LogP contribution >= 0.6 is 24.0 Å². The quantitative estimate of drug-likeness (QED) is 0.394. The number of esters is 2. The number of benzene rings is 1. The van der Waals surface area contributed by atoms with Crippen LogP contribution in [0.25, 0.3) is 6.08 Å². The highest BCUT2D eigenvalue weighted by Gasteiger charge is 2.33. The molecule has 2 rings (SSSR count). The Kier molecular flexibility index (Phi) is 7.16. The number of para-hydroxylation sites is 1. The Morgan fingerprint density at radius 3 is 2.69 bits per heavy atom. The third kappa shape index (κ3) is 5.06. The lowest BCUT2D eigenvalue weighted by molar-refractivity contribution is -0.145. The first-order chi connectivity index (χ1) is 12.5. The smallest absolute Gasteiger partial charge is 0.344 e. The van der Waals surface area contributed by atoms with E-state index in [0.717, 1.165) is 11.8 Å². The summed E-state index contributed by atoms with van der Waals surface area (Å²) in [5.41, 5.74) is 0.607. The number of amides is 1. The van der Waals surface area contributed by atoms with E-state index in [1.807, 2.05) is 0 Å². The molecule has 0 unspecified atom stereocenters. The number of carbonyl (C=O) groups is 3. The van der Waals surface area contributed by atoms with E-state index in [2.05, 4.69) is 4.74 Å². The van der Waals surface area contributed by atoms with E-state index in [9.17, 15) is 14.4 Å². The lowest BCUT2D eigenvalue weighted by Crippen LogP contribution is -2.33. The topological polar surface area (TPSA) is 82.1 Å². The van der Waals surface area contributed by atoms with E-state index in [1.165, 1.54) is 12.0 Å². The van der Waals surface area contributed by atoms with Gasteiger partial charge in [0.2, 0.25) is 0 Å². The molecule has 1 aliphatic rings. The number of methoxy groups -OCH3 is 1. The minimum atomic E-state index is -0.555. The average Bonchev–Trinajstić information content (AvgIpc) is 2.88. The zero-order valence-corrected chi connectivity index (χ0v) is 15.9. The van der Waals surface area contributed by atoms with Crippen LogP contribution in [0.2, 0.25) is 0 Å². The first kappa shape index (κ1) is 19.9. The van der Waals surface area contributed by atoms with Crippen LogP contribution in [-0.4, -0.2) is 53.9 Å². The van der Waals surface area contributed by atoms with Gasteiger partial charge in [0, 0.05) is 5.56 Å². The largest absolute Gasteiger partial charge is 0.481 e. The first-order valence-corrected chi connectivity index (χ1v) is 8.88. The monoisotopic (exact) mass is 395 g/mol. The van der Waals surface area contributed by atoms with Gasteiger partial charge >= 0.3 is 11.9 Å². The fourth-order valence-corrected chi connectivity index (χ4v) is 3.29. The molecule has 0 bridgehead atoms. The maximum Gasteiger partial charge on any atom is 0.344 e. The third-order valence-electron chi connectivity index (χ3n) is 3.24. The number of nitrogens with zero attached hydrogens (tertiary/aromatic N) is 1. The summed E-state index contributed by atoms with van der Waals surface area (Å²) in [5.74, 6) is -0.989. The molecule has 1 aromatic rings. The molecule has 1 amide bonds. The molecule has 1 heterocycles. The highest BCUT2D eigenvalue weighted by Crippen LogP contribution is 2.34. The van der Waals surface area contributed by atoms with Crippen LogP contribution in [0.5, 0.6) is 5.75 Å². The summed E-state index contributed by atoms with van der Waals surface area (Å²) in [4.78, 5) is 36.9. The fraction of sp³-hybridized carbons (Fsp3) is 0.294. The van der Waals surface area contributed by atoms with Crippen LogP contribution in [0.15, 0.2) is 29.2 Å². The van der Waals surface area contributed by atoms with Crippen molar-refractivity contribution in [2.24, 2.45) is 0 Å². The summed E-state index contributed by atoms with van der Waals surface area (Å²) in [6, 6.07) is 6.95. The molecule has 26 heavy (non-hydrogen) atoms. The molecule has 138 valence electrons. The van der Waals surface area contributed by atoms with E-state index in [-0.39, 0.29) is 30.0 Å². The number of thioether (sulfide) groups is 1. The Labute approximate surface area is 160 Å². The van der Waals surface area contributed by atoms with Crippen LogP contribution in [0.1, 0.15) is 12.5 Å². The van der Waals surface area contributed by atoms with E-state index in [1.54, 1.807) is 37.3 Å². The molecule has 0 spiro atoms. The van der Waals surface area contributed by atoms with Crippen molar-refractivity contribution in [3.8, 4) is 5.75 Å². The van der Waals surface area contributed by atoms with E-state index in [4.69, 9.17) is 21.7 Å². The molecule has 0 N–H and O–H groups in total. The van der Waals surface area contributed by atoms with Crippen LogP contribution in [0, 0.1) is 0 Å². The molecular weight excluding hydrogens is 378 g/mol. The van der Waals surface area contributed by atoms with Gasteiger partial charge in [0.25, 0.3) is 5.91 Å². The zero-order valence-electron chi connectivity index (χ0n) is 14.2. The Bertz CT molecular complexity index is 761. The molecule has 0 aliphatic carbocycles. The van der Waals surface area contributed by atoms with Crippen molar-refractivity contribution in [1.82, 2.24) is 4.90 Å². The second kappa shape index (κ2) is 9.35. The van der Waals surface area contributed by atoms with Crippen molar-refractivity contribution in [1.29, 1.82) is 0 Å². The maximum atomic E-state index is 12.5. The molecule has 1 aromatic carbocycles. The number of ether oxygens (including phenoxy) is 3. The Morgan fingerprint density at radius 1 is 1.27 bits per heavy atom. The average molecular weight is 395 g/mol. The summed E-state index contributed by atoms with van der Waals surface area (Å²) in [6.07, 6.45) is 1.61.